The Hall–Kier alpha value is -1.32. The molecule has 0 amide bonds. The maximum absolute atomic E-state index is 12.4. The van der Waals surface area contributed by atoms with Crippen LogP contribution in [-0.2, 0) is 0 Å². The van der Waals surface area contributed by atoms with Crippen LogP contribution in [0.2, 0.25) is 0 Å². The van der Waals surface area contributed by atoms with Crippen LogP contribution in [0.3, 0.4) is 0 Å². The lowest BCUT2D eigenvalue weighted by molar-refractivity contribution is 0.147. The minimum atomic E-state index is -2.51. The van der Waals surface area contributed by atoms with Crippen LogP contribution in [0.5, 0.6) is 5.75 Å². The van der Waals surface area contributed by atoms with Crippen LogP contribution in [0.25, 0.3) is 0 Å². The number of hydrogen-bond acceptors (Lipinski definition) is 2. The Morgan fingerprint density at radius 3 is 2.54 bits per heavy atom. The highest BCUT2D eigenvalue weighted by Gasteiger charge is 2.15. The lowest BCUT2D eigenvalue weighted by atomic mass is 10.2. The molecule has 13 heavy (non-hydrogen) atoms. The van der Waals surface area contributed by atoms with Crippen molar-refractivity contribution in [3.05, 3.63) is 23.8 Å². The Bertz CT molecular complexity index is 289. The van der Waals surface area contributed by atoms with Gasteiger partial charge in [0.1, 0.15) is 0 Å². The van der Waals surface area contributed by atoms with Crippen molar-refractivity contribution in [2.45, 2.75) is 6.43 Å². The highest BCUT2D eigenvalue weighted by atomic mass is 19.3. The molecule has 0 saturated carbocycles. The molecule has 0 aliphatic heterocycles. The summed E-state index contributed by atoms with van der Waals surface area (Å²) in [6.45, 7) is 0. The van der Waals surface area contributed by atoms with Gasteiger partial charge in [0.25, 0.3) is 6.43 Å². The molecule has 1 N–H and O–H groups in total. The van der Waals surface area contributed by atoms with Crippen molar-refractivity contribution < 1.29 is 13.5 Å². The van der Waals surface area contributed by atoms with Crippen molar-refractivity contribution in [2.24, 2.45) is 0 Å². The van der Waals surface area contributed by atoms with Gasteiger partial charge in [-0.15, -0.1) is 0 Å². The van der Waals surface area contributed by atoms with Gasteiger partial charge in [-0.25, -0.2) is 8.78 Å². The van der Waals surface area contributed by atoms with Crippen LogP contribution in [0.1, 0.15) is 12.0 Å². The standard InChI is InChI=1S/C9H11F2NO/c1-12-7-5-3-4-6(9(10)11)8(7)13-2/h3-5,9,12H,1-2H3. The zero-order valence-corrected chi connectivity index (χ0v) is 7.47. The fourth-order valence-corrected chi connectivity index (χ4v) is 1.15. The first-order valence-corrected chi connectivity index (χ1v) is 3.83. The molecule has 0 atom stereocenters. The smallest absolute Gasteiger partial charge is 0.267 e. The summed E-state index contributed by atoms with van der Waals surface area (Å²) in [5.41, 5.74) is 0.481. The topological polar surface area (TPSA) is 21.3 Å². The molecule has 0 radical (unpaired) electrons. The molecule has 72 valence electrons. The molecule has 0 heterocycles. The average molecular weight is 187 g/mol. The first kappa shape index (κ1) is 9.77. The molecule has 0 unspecified atom stereocenters. The lowest BCUT2D eigenvalue weighted by Gasteiger charge is -2.11. The first-order chi connectivity index (χ1) is 6.20. The summed E-state index contributed by atoms with van der Waals surface area (Å²) in [5.74, 6) is 0.208. The highest BCUT2D eigenvalue weighted by molar-refractivity contribution is 5.60. The fraction of sp³-hybridized carbons (Fsp3) is 0.333. The molecule has 4 heteroatoms. The highest BCUT2D eigenvalue weighted by Crippen LogP contribution is 2.34. The second kappa shape index (κ2) is 4.07. The number of hydrogen-bond donors (Lipinski definition) is 1. The van der Waals surface area contributed by atoms with Crippen LogP contribution in [-0.4, -0.2) is 14.2 Å². The SMILES string of the molecule is CNc1cccc(C(F)F)c1OC. The minimum absolute atomic E-state index is 0.0886. The van der Waals surface area contributed by atoms with Gasteiger partial charge in [-0.05, 0) is 12.1 Å². The number of anilines is 1. The third kappa shape index (κ3) is 1.88. The quantitative estimate of drug-likeness (QED) is 0.785. The molecule has 0 aliphatic rings. The van der Waals surface area contributed by atoms with Crippen molar-refractivity contribution in [1.29, 1.82) is 0 Å². The van der Waals surface area contributed by atoms with Gasteiger partial charge in [0.15, 0.2) is 5.75 Å². The van der Waals surface area contributed by atoms with Crippen molar-refractivity contribution in [1.82, 2.24) is 0 Å². The van der Waals surface area contributed by atoms with E-state index in [0.717, 1.165) is 0 Å². The zero-order valence-electron chi connectivity index (χ0n) is 7.47. The van der Waals surface area contributed by atoms with Gasteiger partial charge < -0.3 is 10.1 Å². The Balaban J connectivity index is 3.19. The van der Waals surface area contributed by atoms with Crippen molar-refractivity contribution in [3.8, 4) is 5.75 Å². The van der Waals surface area contributed by atoms with Gasteiger partial charge in [-0.3, -0.25) is 0 Å². The van der Waals surface area contributed by atoms with E-state index in [-0.39, 0.29) is 11.3 Å². The minimum Gasteiger partial charge on any atom is -0.494 e. The molecule has 2 nitrogen and oxygen atoms in total. The van der Waals surface area contributed by atoms with Gasteiger partial charge in [-0.1, -0.05) is 6.07 Å². The van der Waals surface area contributed by atoms with E-state index in [1.807, 2.05) is 0 Å². The first-order valence-electron chi connectivity index (χ1n) is 3.83. The van der Waals surface area contributed by atoms with E-state index in [1.165, 1.54) is 13.2 Å². The van der Waals surface area contributed by atoms with Crippen molar-refractivity contribution >= 4 is 5.69 Å². The summed E-state index contributed by atoms with van der Waals surface area (Å²) in [4.78, 5) is 0. The fourth-order valence-electron chi connectivity index (χ4n) is 1.15. The van der Waals surface area contributed by atoms with E-state index in [1.54, 1.807) is 19.2 Å². The second-order valence-electron chi connectivity index (χ2n) is 2.48. The van der Waals surface area contributed by atoms with E-state index in [0.29, 0.717) is 5.69 Å². The van der Waals surface area contributed by atoms with Crippen LogP contribution < -0.4 is 10.1 Å². The predicted octanol–water partition coefficient (Wildman–Crippen LogP) is 2.67. The van der Waals surface area contributed by atoms with Crippen molar-refractivity contribution in [3.63, 3.8) is 0 Å². The van der Waals surface area contributed by atoms with Crippen LogP contribution >= 0.6 is 0 Å². The summed E-state index contributed by atoms with van der Waals surface area (Å²) in [5, 5.41) is 2.78. The van der Waals surface area contributed by atoms with Crippen LogP contribution in [0, 0.1) is 0 Å². The van der Waals surface area contributed by atoms with Gasteiger partial charge in [-0.2, -0.15) is 0 Å². The Labute approximate surface area is 75.5 Å². The summed E-state index contributed by atoms with van der Waals surface area (Å²) < 4.78 is 29.7. The monoisotopic (exact) mass is 187 g/mol. The summed E-state index contributed by atoms with van der Waals surface area (Å²) in [6.07, 6.45) is -2.51. The molecule has 0 saturated heterocycles. The number of benzene rings is 1. The number of para-hydroxylation sites is 1. The van der Waals surface area contributed by atoms with Gasteiger partial charge in [0.05, 0.1) is 18.4 Å². The zero-order chi connectivity index (χ0) is 9.84. The molecule has 1 rings (SSSR count). The summed E-state index contributed by atoms with van der Waals surface area (Å²) in [7, 11) is 3.04. The maximum atomic E-state index is 12.4. The molecule has 0 aliphatic carbocycles. The number of methoxy groups -OCH3 is 1. The number of rotatable bonds is 3. The summed E-state index contributed by atoms with van der Waals surface area (Å²) >= 11 is 0. The van der Waals surface area contributed by atoms with Gasteiger partial charge in [0, 0.05) is 7.05 Å². The van der Waals surface area contributed by atoms with E-state index < -0.39 is 6.43 Å². The lowest BCUT2D eigenvalue weighted by Crippen LogP contribution is -1.98. The molecule has 1 aromatic rings. The van der Waals surface area contributed by atoms with E-state index in [2.05, 4.69) is 5.32 Å². The molecule has 0 aromatic heterocycles. The number of halogens is 2. The second-order valence-corrected chi connectivity index (χ2v) is 2.48. The Morgan fingerprint density at radius 1 is 1.38 bits per heavy atom. The molecule has 0 fully saturated rings. The van der Waals surface area contributed by atoms with E-state index in [4.69, 9.17) is 4.74 Å². The van der Waals surface area contributed by atoms with Gasteiger partial charge >= 0.3 is 0 Å². The molecule has 1 aromatic carbocycles. The number of nitrogens with one attached hydrogen (secondary N) is 1. The Kier molecular flexibility index (Phi) is 3.06. The third-order valence-corrected chi connectivity index (χ3v) is 1.75. The van der Waals surface area contributed by atoms with Gasteiger partial charge in [0.2, 0.25) is 0 Å². The average Bonchev–Trinajstić information content (AvgIpc) is 2.16. The maximum Gasteiger partial charge on any atom is 0.267 e. The Morgan fingerprint density at radius 2 is 2.08 bits per heavy atom. The largest absolute Gasteiger partial charge is 0.494 e. The number of ether oxygens (including phenoxy) is 1. The van der Waals surface area contributed by atoms with Crippen LogP contribution in [0.4, 0.5) is 14.5 Å². The van der Waals surface area contributed by atoms with Crippen LogP contribution in [0.15, 0.2) is 18.2 Å². The molecular weight excluding hydrogens is 176 g/mol. The molecular formula is C9H11F2NO. The summed E-state index contributed by atoms with van der Waals surface area (Å²) in [6, 6.07) is 4.60. The molecule has 0 spiro atoms. The number of alkyl halides is 2. The predicted molar refractivity (Wildman–Crippen MR) is 47.5 cm³/mol. The third-order valence-electron chi connectivity index (χ3n) is 1.75. The van der Waals surface area contributed by atoms with Crippen molar-refractivity contribution in [2.75, 3.05) is 19.5 Å². The van der Waals surface area contributed by atoms with E-state index >= 15 is 0 Å². The normalized spacial score (nSPS) is 10.2. The van der Waals surface area contributed by atoms with E-state index in [9.17, 15) is 8.78 Å². The molecule has 0 bridgehead atoms.